The molecule has 0 bridgehead atoms. The van der Waals surface area contributed by atoms with Crippen LogP contribution in [0.2, 0.25) is 0 Å². The van der Waals surface area contributed by atoms with Crippen LogP contribution in [0.15, 0.2) is 59.6 Å². The number of anilines is 1. The van der Waals surface area contributed by atoms with Gasteiger partial charge in [-0.25, -0.2) is 0 Å². The Kier molecular flexibility index (Phi) is 3.29. The zero-order chi connectivity index (χ0) is 14.9. The number of para-hydroxylation sites is 1. The topological polar surface area (TPSA) is 50.9 Å². The fourth-order valence-electron chi connectivity index (χ4n) is 2.80. The van der Waals surface area contributed by atoms with E-state index in [1.54, 1.807) is 7.11 Å². The number of benzene rings is 2. The highest BCUT2D eigenvalue weighted by molar-refractivity contribution is 5.98. The summed E-state index contributed by atoms with van der Waals surface area (Å²) in [6.07, 6.45) is 0. The lowest BCUT2D eigenvalue weighted by molar-refractivity contribution is 0.412. The largest absolute Gasteiger partial charge is 0.497 e. The summed E-state index contributed by atoms with van der Waals surface area (Å²) in [4.78, 5) is 6.54. The Hall–Kier alpha value is -2.49. The van der Waals surface area contributed by atoms with Gasteiger partial charge in [0.15, 0.2) is 5.96 Å². The molecule has 0 saturated heterocycles. The van der Waals surface area contributed by atoms with Crippen LogP contribution in [0.4, 0.5) is 5.69 Å². The van der Waals surface area contributed by atoms with Gasteiger partial charge in [0.05, 0.1) is 19.2 Å². The Labute approximate surface area is 124 Å². The van der Waals surface area contributed by atoms with Crippen LogP contribution in [0.25, 0.3) is 0 Å². The van der Waals surface area contributed by atoms with Crippen molar-refractivity contribution in [1.29, 1.82) is 0 Å². The van der Waals surface area contributed by atoms with E-state index in [0.29, 0.717) is 12.5 Å². The van der Waals surface area contributed by atoms with Gasteiger partial charge >= 0.3 is 0 Å². The maximum atomic E-state index is 6.14. The van der Waals surface area contributed by atoms with Gasteiger partial charge in [0.25, 0.3) is 0 Å². The van der Waals surface area contributed by atoms with Crippen molar-refractivity contribution in [1.82, 2.24) is 0 Å². The van der Waals surface area contributed by atoms with Gasteiger partial charge in [-0.15, -0.1) is 0 Å². The molecule has 0 saturated carbocycles. The van der Waals surface area contributed by atoms with Crippen LogP contribution >= 0.6 is 0 Å². The molecule has 4 nitrogen and oxygen atoms in total. The van der Waals surface area contributed by atoms with Crippen molar-refractivity contribution in [2.24, 2.45) is 10.7 Å². The molecule has 1 atom stereocenters. The fraction of sp³-hybridized carbons (Fsp3) is 0.235. The highest BCUT2D eigenvalue weighted by Gasteiger charge is 2.40. The molecule has 1 aliphatic heterocycles. The molecule has 3 rings (SSSR count). The lowest BCUT2D eigenvalue weighted by Crippen LogP contribution is -2.47. The minimum atomic E-state index is -0.306. The minimum absolute atomic E-state index is 0.306. The van der Waals surface area contributed by atoms with E-state index in [9.17, 15) is 0 Å². The number of rotatable bonds is 3. The van der Waals surface area contributed by atoms with E-state index in [1.165, 1.54) is 0 Å². The number of hydrogen-bond acceptors (Lipinski definition) is 4. The van der Waals surface area contributed by atoms with Crippen LogP contribution in [-0.2, 0) is 5.54 Å². The predicted molar refractivity (Wildman–Crippen MR) is 85.8 cm³/mol. The summed E-state index contributed by atoms with van der Waals surface area (Å²) in [6, 6.07) is 18.2. The molecule has 21 heavy (non-hydrogen) atoms. The van der Waals surface area contributed by atoms with Gasteiger partial charge in [0.1, 0.15) is 5.75 Å². The van der Waals surface area contributed by atoms with Gasteiger partial charge in [0.2, 0.25) is 0 Å². The quantitative estimate of drug-likeness (QED) is 0.941. The Balaban J connectivity index is 2.07. The number of methoxy groups -OCH3 is 1. The zero-order valence-corrected chi connectivity index (χ0v) is 12.3. The lowest BCUT2D eigenvalue weighted by Gasteiger charge is -2.36. The zero-order valence-electron chi connectivity index (χ0n) is 12.3. The SMILES string of the molecule is COc1cccc(C2(C)CN=C(N)N2c2ccccc2)c1. The van der Waals surface area contributed by atoms with E-state index in [4.69, 9.17) is 10.5 Å². The van der Waals surface area contributed by atoms with Crippen LogP contribution in [-0.4, -0.2) is 19.6 Å². The summed E-state index contributed by atoms with van der Waals surface area (Å²) in [7, 11) is 1.68. The third-order valence-electron chi connectivity index (χ3n) is 3.98. The highest BCUT2D eigenvalue weighted by Crippen LogP contribution is 2.37. The maximum absolute atomic E-state index is 6.14. The average molecular weight is 281 g/mol. The second-order valence-electron chi connectivity index (χ2n) is 5.35. The molecule has 0 fully saturated rings. The first kappa shape index (κ1) is 13.5. The molecular weight excluding hydrogens is 262 g/mol. The molecule has 1 unspecified atom stereocenters. The summed E-state index contributed by atoms with van der Waals surface area (Å²) in [6.45, 7) is 2.78. The fourth-order valence-corrected chi connectivity index (χ4v) is 2.80. The molecule has 2 aromatic rings. The molecule has 1 heterocycles. The molecule has 0 spiro atoms. The van der Waals surface area contributed by atoms with Crippen molar-refractivity contribution in [2.45, 2.75) is 12.5 Å². The Morgan fingerprint density at radius 1 is 1.14 bits per heavy atom. The van der Waals surface area contributed by atoms with E-state index in [-0.39, 0.29) is 5.54 Å². The van der Waals surface area contributed by atoms with Gasteiger partial charge < -0.3 is 15.4 Å². The van der Waals surface area contributed by atoms with Crippen LogP contribution in [0.5, 0.6) is 5.75 Å². The first-order valence-corrected chi connectivity index (χ1v) is 6.95. The van der Waals surface area contributed by atoms with E-state index in [0.717, 1.165) is 17.0 Å². The summed E-state index contributed by atoms with van der Waals surface area (Å²) in [5, 5.41) is 0. The number of ether oxygens (including phenoxy) is 1. The second-order valence-corrected chi connectivity index (χ2v) is 5.35. The monoisotopic (exact) mass is 281 g/mol. The van der Waals surface area contributed by atoms with E-state index in [1.807, 2.05) is 48.5 Å². The summed E-state index contributed by atoms with van der Waals surface area (Å²) in [5.41, 5.74) is 8.01. The van der Waals surface area contributed by atoms with Gasteiger partial charge in [0, 0.05) is 5.69 Å². The summed E-state index contributed by atoms with van der Waals surface area (Å²) < 4.78 is 5.34. The summed E-state index contributed by atoms with van der Waals surface area (Å²) >= 11 is 0. The second kappa shape index (κ2) is 5.13. The molecule has 0 aromatic heterocycles. The van der Waals surface area contributed by atoms with Crippen LogP contribution in [0, 0.1) is 0 Å². The van der Waals surface area contributed by atoms with Gasteiger partial charge in [-0.2, -0.15) is 0 Å². The number of guanidine groups is 1. The lowest BCUT2D eigenvalue weighted by atomic mass is 9.90. The molecule has 0 aliphatic carbocycles. The Bertz CT molecular complexity index is 669. The van der Waals surface area contributed by atoms with Crippen LogP contribution < -0.4 is 15.4 Å². The molecule has 1 aliphatic rings. The standard InChI is InChI=1S/C17H19N3O/c1-17(13-7-6-10-15(11-13)21-2)12-19-16(18)20(17)14-8-4-3-5-9-14/h3-11H,12H2,1-2H3,(H2,18,19). The molecule has 2 N–H and O–H groups in total. The predicted octanol–water partition coefficient (Wildman–Crippen LogP) is 2.75. The van der Waals surface area contributed by atoms with Gasteiger partial charge in [-0.05, 0) is 36.8 Å². The number of hydrogen-bond donors (Lipinski definition) is 1. The van der Waals surface area contributed by atoms with Crippen molar-refractivity contribution in [2.75, 3.05) is 18.6 Å². The van der Waals surface area contributed by atoms with Crippen molar-refractivity contribution in [3.8, 4) is 5.75 Å². The third kappa shape index (κ3) is 2.23. The summed E-state index contributed by atoms with van der Waals surface area (Å²) in [5.74, 6) is 1.39. The molecular formula is C17H19N3O. The molecule has 108 valence electrons. The van der Waals surface area contributed by atoms with E-state index in [2.05, 4.69) is 22.9 Å². The van der Waals surface area contributed by atoms with Crippen molar-refractivity contribution < 1.29 is 4.74 Å². The van der Waals surface area contributed by atoms with Gasteiger partial charge in [-0.1, -0.05) is 30.3 Å². The first-order chi connectivity index (χ1) is 10.1. The third-order valence-corrected chi connectivity index (χ3v) is 3.98. The van der Waals surface area contributed by atoms with Crippen LogP contribution in [0.1, 0.15) is 12.5 Å². The van der Waals surface area contributed by atoms with E-state index < -0.39 is 0 Å². The molecule has 2 aromatic carbocycles. The number of aliphatic imine (C=N–C) groups is 1. The van der Waals surface area contributed by atoms with Gasteiger partial charge in [-0.3, -0.25) is 4.99 Å². The van der Waals surface area contributed by atoms with E-state index >= 15 is 0 Å². The maximum Gasteiger partial charge on any atom is 0.196 e. The minimum Gasteiger partial charge on any atom is -0.497 e. The Morgan fingerprint density at radius 2 is 1.90 bits per heavy atom. The van der Waals surface area contributed by atoms with Crippen molar-refractivity contribution in [3.05, 3.63) is 60.2 Å². The number of nitrogens with two attached hydrogens (primary N) is 1. The Morgan fingerprint density at radius 3 is 2.62 bits per heavy atom. The molecule has 4 heteroatoms. The smallest absolute Gasteiger partial charge is 0.196 e. The highest BCUT2D eigenvalue weighted by atomic mass is 16.5. The van der Waals surface area contributed by atoms with Crippen molar-refractivity contribution in [3.63, 3.8) is 0 Å². The van der Waals surface area contributed by atoms with Crippen molar-refractivity contribution >= 4 is 11.6 Å². The normalized spacial score (nSPS) is 21.2. The van der Waals surface area contributed by atoms with Crippen LogP contribution in [0.3, 0.4) is 0 Å². The first-order valence-electron chi connectivity index (χ1n) is 6.95. The molecule has 0 radical (unpaired) electrons. The average Bonchev–Trinajstić information content (AvgIpc) is 2.84. The molecule has 0 amide bonds. The number of nitrogens with zero attached hydrogens (tertiary/aromatic N) is 2.